The predicted octanol–water partition coefficient (Wildman–Crippen LogP) is 3.86. The third-order valence-corrected chi connectivity index (χ3v) is 3.40. The van der Waals surface area contributed by atoms with Gasteiger partial charge in [-0.3, -0.25) is 0 Å². The van der Waals surface area contributed by atoms with E-state index in [9.17, 15) is 5.11 Å². The molecular weight excluding hydrogens is 196 g/mol. The second-order valence-electron chi connectivity index (χ2n) is 5.18. The van der Waals surface area contributed by atoms with Gasteiger partial charge in [-0.1, -0.05) is 44.2 Å². The maximum Gasteiger partial charge on any atom is 0.0818 e. The molecule has 0 radical (unpaired) electrons. The minimum atomic E-state index is -0.419. The maximum absolute atomic E-state index is 9.85. The summed E-state index contributed by atoms with van der Waals surface area (Å²) in [6.45, 7) is 10.6. The lowest BCUT2D eigenvalue weighted by Gasteiger charge is -2.19. The molecule has 0 aliphatic heterocycles. The van der Waals surface area contributed by atoms with E-state index in [4.69, 9.17) is 0 Å². The molecule has 1 N–H and O–H groups in total. The molecular formula is C15H24O. The molecule has 0 aromatic carbocycles. The first kappa shape index (κ1) is 13.2. The van der Waals surface area contributed by atoms with Crippen LogP contribution in [0, 0.1) is 11.8 Å². The highest BCUT2D eigenvalue weighted by molar-refractivity contribution is 5.22. The third-order valence-electron chi connectivity index (χ3n) is 3.40. The minimum absolute atomic E-state index is 0.419. The molecule has 0 heterocycles. The van der Waals surface area contributed by atoms with Crippen LogP contribution in [-0.4, -0.2) is 11.2 Å². The second kappa shape index (κ2) is 6.05. The van der Waals surface area contributed by atoms with E-state index >= 15 is 0 Å². The van der Waals surface area contributed by atoms with Crippen molar-refractivity contribution in [2.24, 2.45) is 11.8 Å². The number of rotatable bonds is 1. The molecule has 2 atom stereocenters. The van der Waals surface area contributed by atoms with Crippen LogP contribution < -0.4 is 0 Å². The van der Waals surface area contributed by atoms with Crippen molar-refractivity contribution in [1.29, 1.82) is 0 Å². The standard InChI is InChI=1S/C15H24O/c1-11(2)14-8-5-12(3)6-10-15(16)13(4)7-9-14/h6-7,9,11,14-16H,4-5,8,10H2,1-3H3/b9-7+,12-6+/t14-,15?/m1/s1. The van der Waals surface area contributed by atoms with Gasteiger partial charge >= 0.3 is 0 Å². The molecule has 0 spiro atoms. The molecule has 0 fully saturated rings. The van der Waals surface area contributed by atoms with E-state index in [1.54, 1.807) is 0 Å². The van der Waals surface area contributed by atoms with E-state index in [0.717, 1.165) is 12.0 Å². The van der Waals surface area contributed by atoms with E-state index in [2.05, 4.69) is 39.5 Å². The lowest BCUT2D eigenvalue weighted by molar-refractivity contribution is 0.218. The topological polar surface area (TPSA) is 20.2 Å². The Morgan fingerprint density at radius 2 is 2.12 bits per heavy atom. The van der Waals surface area contributed by atoms with Gasteiger partial charge in [0.2, 0.25) is 0 Å². The Kier molecular flexibility index (Phi) is 5.01. The summed E-state index contributed by atoms with van der Waals surface area (Å²) in [7, 11) is 0. The fraction of sp³-hybridized carbons (Fsp3) is 0.600. The fourth-order valence-corrected chi connectivity index (χ4v) is 1.97. The number of hydrogen-bond donors (Lipinski definition) is 1. The van der Waals surface area contributed by atoms with Crippen LogP contribution in [0.2, 0.25) is 0 Å². The number of aliphatic hydroxyl groups is 1. The van der Waals surface area contributed by atoms with Crippen molar-refractivity contribution in [2.75, 3.05) is 0 Å². The molecule has 0 amide bonds. The Labute approximate surface area is 99.6 Å². The first-order valence-electron chi connectivity index (χ1n) is 6.21. The number of allylic oxidation sites excluding steroid dienone is 2. The van der Waals surface area contributed by atoms with Crippen molar-refractivity contribution in [1.82, 2.24) is 0 Å². The molecule has 16 heavy (non-hydrogen) atoms. The Bertz CT molecular complexity index is 297. The molecule has 1 aliphatic rings. The van der Waals surface area contributed by atoms with Crippen LogP contribution in [0.3, 0.4) is 0 Å². The first-order valence-corrected chi connectivity index (χ1v) is 6.21. The lowest BCUT2D eigenvalue weighted by Crippen LogP contribution is -2.11. The van der Waals surface area contributed by atoms with Crippen molar-refractivity contribution < 1.29 is 5.11 Å². The van der Waals surface area contributed by atoms with E-state index in [1.807, 2.05) is 6.08 Å². The highest BCUT2D eigenvalue weighted by Gasteiger charge is 2.13. The van der Waals surface area contributed by atoms with Gasteiger partial charge < -0.3 is 5.11 Å². The van der Waals surface area contributed by atoms with Crippen LogP contribution in [-0.2, 0) is 0 Å². The van der Waals surface area contributed by atoms with Crippen molar-refractivity contribution in [3.63, 3.8) is 0 Å². The third kappa shape index (κ3) is 3.97. The number of hydrogen-bond acceptors (Lipinski definition) is 1. The molecule has 0 saturated heterocycles. The van der Waals surface area contributed by atoms with Crippen LogP contribution in [0.15, 0.2) is 36.0 Å². The highest BCUT2D eigenvalue weighted by atomic mass is 16.3. The second-order valence-corrected chi connectivity index (χ2v) is 5.18. The Balaban J connectivity index is 2.81. The van der Waals surface area contributed by atoms with Gasteiger partial charge in [0.05, 0.1) is 6.10 Å². The summed E-state index contributed by atoms with van der Waals surface area (Å²) < 4.78 is 0. The quantitative estimate of drug-likeness (QED) is 0.665. The van der Waals surface area contributed by atoms with Crippen LogP contribution in [0.5, 0.6) is 0 Å². The summed E-state index contributed by atoms with van der Waals surface area (Å²) in [5.74, 6) is 1.24. The minimum Gasteiger partial charge on any atom is -0.388 e. The highest BCUT2D eigenvalue weighted by Crippen LogP contribution is 2.24. The summed E-state index contributed by atoms with van der Waals surface area (Å²) >= 11 is 0. The Hall–Kier alpha value is -0.820. The molecule has 90 valence electrons. The first-order chi connectivity index (χ1) is 7.50. The summed E-state index contributed by atoms with van der Waals surface area (Å²) in [5.41, 5.74) is 2.21. The van der Waals surface area contributed by atoms with Crippen molar-refractivity contribution >= 4 is 0 Å². The Morgan fingerprint density at radius 1 is 1.44 bits per heavy atom. The van der Waals surface area contributed by atoms with Gasteiger partial charge in [0, 0.05) is 0 Å². The summed E-state index contributed by atoms with van der Waals surface area (Å²) in [6, 6.07) is 0. The molecule has 1 unspecified atom stereocenters. The smallest absolute Gasteiger partial charge is 0.0818 e. The van der Waals surface area contributed by atoms with Crippen LogP contribution in [0.25, 0.3) is 0 Å². The number of aliphatic hydroxyl groups excluding tert-OH is 1. The van der Waals surface area contributed by atoms with E-state index in [-0.39, 0.29) is 0 Å². The maximum atomic E-state index is 9.85. The lowest BCUT2D eigenvalue weighted by atomic mass is 9.87. The monoisotopic (exact) mass is 220 g/mol. The summed E-state index contributed by atoms with van der Waals surface area (Å²) in [4.78, 5) is 0. The van der Waals surface area contributed by atoms with Crippen molar-refractivity contribution in [3.05, 3.63) is 36.0 Å². The van der Waals surface area contributed by atoms with Gasteiger partial charge in [-0.2, -0.15) is 0 Å². The zero-order valence-electron chi connectivity index (χ0n) is 10.7. The van der Waals surface area contributed by atoms with E-state index in [1.165, 1.54) is 12.0 Å². The summed E-state index contributed by atoms with van der Waals surface area (Å²) in [6.07, 6.45) is 8.97. The van der Waals surface area contributed by atoms with Gasteiger partial charge in [-0.25, -0.2) is 0 Å². The molecule has 1 nitrogen and oxygen atoms in total. The summed E-state index contributed by atoms with van der Waals surface area (Å²) in [5, 5.41) is 9.85. The van der Waals surface area contributed by atoms with Gasteiger partial charge in [0.25, 0.3) is 0 Å². The zero-order chi connectivity index (χ0) is 12.1. The average Bonchev–Trinajstić information content (AvgIpc) is 2.23. The van der Waals surface area contributed by atoms with Crippen molar-refractivity contribution in [2.45, 2.75) is 46.1 Å². The Morgan fingerprint density at radius 3 is 2.75 bits per heavy atom. The van der Waals surface area contributed by atoms with Gasteiger partial charge in [0.1, 0.15) is 0 Å². The fourth-order valence-electron chi connectivity index (χ4n) is 1.97. The normalized spacial score (nSPS) is 33.3. The van der Waals surface area contributed by atoms with Gasteiger partial charge in [-0.05, 0) is 43.6 Å². The molecule has 1 aliphatic carbocycles. The van der Waals surface area contributed by atoms with Crippen molar-refractivity contribution in [3.8, 4) is 0 Å². The molecule has 1 rings (SSSR count). The van der Waals surface area contributed by atoms with E-state index in [0.29, 0.717) is 18.3 Å². The van der Waals surface area contributed by atoms with Crippen LogP contribution in [0.1, 0.15) is 40.0 Å². The molecule has 0 aromatic heterocycles. The van der Waals surface area contributed by atoms with Crippen LogP contribution in [0.4, 0.5) is 0 Å². The SMILES string of the molecule is C=C1/C=C/[C@H](C(C)C)CC/C(C)=C/CC1O. The van der Waals surface area contributed by atoms with Gasteiger partial charge in [-0.15, -0.1) is 0 Å². The van der Waals surface area contributed by atoms with Gasteiger partial charge in [0.15, 0.2) is 0 Å². The molecule has 0 aromatic rings. The average molecular weight is 220 g/mol. The molecule has 0 saturated carbocycles. The zero-order valence-corrected chi connectivity index (χ0v) is 10.7. The molecule has 0 bridgehead atoms. The molecule has 1 heteroatoms. The predicted molar refractivity (Wildman–Crippen MR) is 70.2 cm³/mol. The van der Waals surface area contributed by atoms with E-state index < -0.39 is 6.10 Å². The van der Waals surface area contributed by atoms with Crippen LogP contribution >= 0.6 is 0 Å². The largest absolute Gasteiger partial charge is 0.388 e.